The van der Waals surface area contributed by atoms with Crippen LogP contribution >= 0.6 is 0 Å². The molecule has 0 heterocycles. The third-order valence-corrected chi connectivity index (χ3v) is 13.1. The molecular formula is C67H114O6. The molecule has 0 N–H and O–H groups in total. The molecule has 0 spiro atoms. The summed E-state index contributed by atoms with van der Waals surface area (Å²) < 4.78 is 16.8. The molecule has 0 aliphatic rings. The molecule has 418 valence electrons. The number of allylic oxidation sites excluding steroid dienone is 16. The summed E-state index contributed by atoms with van der Waals surface area (Å²) in [6, 6.07) is 0. The van der Waals surface area contributed by atoms with Crippen LogP contribution in [0.2, 0.25) is 0 Å². The maximum Gasteiger partial charge on any atom is 0.306 e. The van der Waals surface area contributed by atoms with Crippen LogP contribution in [0.1, 0.15) is 290 Å². The molecule has 0 saturated carbocycles. The molecule has 6 heteroatoms. The number of carbonyl (C=O) groups excluding carboxylic acids is 3. The van der Waals surface area contributed by atoms with Gasteiger partial charge >= 0.3 is 17.9 Å². The van der Waals surface area contributed by atoms with Crippen LogP contribution in [0.3, 0.4) is 0 Å². The van der Waals surface area contributed by atoms with Crippen molar-refractivity contribution in [3.05, 3.63) is 97.2 Å². The third kappa shape index (κ3) is 59.1. The van der Waals surface area contributed by atoms with Crippen LogP contribution in [0.5, 0.6) is 0 Å². The fraction of sp³-hybridized carbons (Fsp3) is 0.716. The average molecular weight is 1020 g/mol. The van der Waals surface area contributed by atoms with Crippen LogP contribution in [-0.4, -0.2) is 37.2 Å². The van der Waals surface area contributed by atoms with E-state index in [4.69, 9.17) is 14.2 Å². The van der Waals surface area contributed by atoms with Gasteiger partial charge in [-0.05, 0) is 83.5 Å². The molecule has 6 nitrogen and oxygen atoms in total. The summed E-state index contributed by atoms with van der Waals surface area (Å²) in [5, 5.41) is 0. The molecule has 73 heavy (non-hydrogen) atoms. The lowest BCUT2D eigenvalue weighted by atomic mass is 10.0. The molecule has 1 atom stereocenters. The van der Waals surface area contributed by atoms with Gasteiger partial charge in [0.25, 0.3) is 0 Å². The molecule has 0 aliphatic heterocycles. The highest BCUT2D eigenvalue weighted by Gasteiger charge is 2.19. The van der Waals surface area contributed by atoms with Gasteiger partial charge in [0.15, 0.2) is 6.10 Å². The van der Waals surface area contributed by atoms with Gasteiger partial charge in [0.05, 0.1) is 0 Å². The number of esters is 3. The number of carbonyl (C=O) groups is 3. The Morgan fingerprint density at radius 3 is 0.945 bits per heavy atom. The highest BCUT2D eigenvalue weighted by molar-refractivity contribution is 5.71. The van der Waals surface area contributed by atoms with Crippen LogP contribution < -0.4 is 0 Å². The molecule has 0 saturated heterocycles. The Balaban J connectivity index is 4.41. The van der Waals surface area contributed by atoms with Gasteiger partial charge in [0.1, 0.15) is 13.2 Å². The lowest BCUT2D eigenvalue weighted by molar-refractivity contribution is -0.166. The molecule has 0 aromatic carbocycles. The van der Waals surface area contributed by atoms with Crippen molar-refractivity contribution >= 4 is 17.9 Å². The maximum atomic E-state index is 12.8. The standard InChI is InChI=1S/C67H114O6/c1-4-7-10-13-16-19-22-25-27-29-31-32-33-34-36-37-39-42-45-48-51-54-57-60-66(69)72-63-64(62-71-65(68)59-56-53-50-47-44-41-24-21-18-15-12-9-6-3)73-67(70)61-58-55-52-49-46-43-40-38-35-30-28-26-23-20-17-14-11-8-5-2/h8,11-12,15,17,20-21,24,26,28,35,38,43,46,52,55,64H,4-7,9-10,13-14,16,18-19,22-23,25,27,29-34,36-37,39-42,44-45,47-51,53-54,56-63H2,1-3H3/b11-8-,15-12-,20-17-,24-21-,28-26-,38-35-,46-43-,55-52-. The van der Waals surface area contributed by atoms with Crippen molar-refractivity contribution in [1.29, 1.82) is 0 Å². The van der Waals surface area contributed by atoms with Gasteiger partial charge in [-0.3, -0.25) is 14.4 Å². The number of rotatable bonds is 55. The first-order valence-electron chi connectivity index (χ1n) is 30.7. The fourth-order valence-corrected chi connectivity index (χ4v) is 8.51. The SMILES string of the molecule is CC/C=C\C/C=C\C/C=C\C/C=C\C/C=C\C/C=C\CCC(=O)OC(COC(=O)CCCCCCC/C=C\C/C=C\CCC)COC(=O)CCCCCCCCCCCCCCCCCCCCCCCCC. The summed E-state index contributed by atoms with van der Waals surface area (Å²) in [4.78, 5) is 38.2. The smallest absolute Gasteiger partial charge is 0.306 e. The molecule has 0 fully saturated rings. The first-order chi connectivity index (χ1) is 36.0. The number of ether oxygens (including phenoxy) is 3. The highest BCUT2D eigenvalue weighted by atomic mass is 16.6. The summed E-state index contributed by atoms with van der Waals surface area (Å²) in [5.74, 6) is -1.00. The predicted molar refractivity (Wildman–Crippen MR) is 316 cm³/mol. The molecule has 0 radical (unpaired) electrons. The zero-order valence-electron chi connectivity index (χ0n) is 47.9. The Labute approximate surface area is 451 Å². The largest absolute Gasteiger partial charge is 0.462 e. The average Bonchev–Trinajstić information content (AvgIpc) is 3.39. The summed E-state index contributed by atoms with van der Waals surface area (Å²) in [6.07, 6.45) is 81.4. The Morgan fingerprint density at radius 1 is 0.288 bits per heavy atom. The van der Waals surface area contributed by atoms with E-state index in [0.717, 1.165) is 109 Å². The number of hydrogen-bond donors (Lipinski definition) is 0. The molecule has 0 aromatic rings. The second-order valence-electron chi connectivity index (χ2n) is 20.2. The Bertz CT molecular complexity index is 1440. The quantitative estimate of drug-likeness (QED) is 0.0261. The molecule has 1 unspecified atom stereocenters. The zero-order chi connectivity index (χ0) is 52.9. The molecule has 0 rings (SSSR count). The van der Waals surface area contributed by atoms with Crippen molar-refractivity contribution in [1.82, 2.24) is 0 Å². The third-order valence-electron chi connectivity index (χ3n) is 13.1. The Hall–Kier alpha value is -3.67. The molecular weight excluding hydrogens is 901 g/mol. The summed E-state index contributed by atoms with van der Waals surface area (Å²) >= 11 is 0. The van der Waals surface area contributed by atoms with Crippen LogP contribution in [-0.2, 0) is 28.6 Å². The first-order valence-corrected chi connectivity index (χ1v) is 30.7. The minimum Gasteiger partial charge on any atom is -0.462 e. The van der Waals surface area contributed by atoms with Gasteiger partial charge in [-0.15, -0.1) is 0 Å². The fourth-order valence-electron chi connectivity index (χ4n) is 8.51. The van der Waals surface area contributed by atoms with Crippen LogP contribution in [0.25, 0.3) is 0 Å². The molecule has 0 bridgehead atoms. The van der Waals surface area contributed by atoms with E-state index in [2.05, 4.69) is 112 Å². The van der Waals surface area contributed by atoms with Crippen LogP contribution in [0.15, 0.2) is 97.2 Å². The lowest BCUT2D eigenvalue weighted by Crippen LogP contribution is -2.30. The van der Waals surface area contributed by atoms with Crippen molar-refractivity contribution in [2.24, 2.45) is 0 Å². The van der Waals surface area contributed by atoms with Crippen molar-refractivity contribution in [2.45, 2.75) is 297 Å². The van der Waals surface area contributed by atoms with E-state index >= 15 is 0 Å². The maximum absolute atomic E-state index is 12.8. The van der Waals surface area contributed by atoms with Gasteiger partial charge in [0.2, 0.25) is 0 Å². The summed E-state index contributed by atoms with van der Waals surface area (Å²) in [6.45, 7) is 6.41. The van der Waals surface area contributed by atoms with E-state index in [1.54, 1.807) is 0 Å². The zero-order valence-corrected chi connectivity index (χ0v) is 47.9. The van der Waals surface area contributed by atoms with Gasteiger partial charge in [-0.25, -0.2) is 0 Å². The monoisotopic (exact) mass is 1010 g/mol. The highest BCUT2D eigenvalue weighted by Crippen LogP contribution is 2.17. The van der Waals surface area contributed by atoms with Crippen molar-refractivity contribution < 1.29 is 28.6 Å². The van der Waals surface area contributed by atoms with Crippen molar-refractivity contribution in [3.8, 4) is 0 Å². The number of hydrogen-bond acceptors (Lipinski definition) is 6. The van der Waals surface area contributed by atoms with Crippen LogP contribution in [0, 0.1) is 0 Å². The topological polar surface area (TPSA) is 78.9 Å². The lowest BCUT2D eigenvalue weighted by Gasteiger charge is -2.18. The van der Waals surface area contributed by atoms with E-state index in [1.165, 1.54) is 135 Å². The minimum atomic E-state index is -0.824. The van der Waals surface area contributed by atoms with E-state index in [-0.39, 0.29) is 31.6 Å². The summed E-state index contributed by atoms with van der Waals surface area (Å²) in [5.41, 5.74) is 0. The molecule has 0 aromatic heterocycles. The second-order valence-corrected chi connectivity index (χ2v) is 20.2. The first kappa shape index (κ1) is 69.3. The number of unbranched alkanes of at least 4 members (excludes halogenated alkanes) is 28. The second kappa shape index (κ2) is 60.9. The predicted octanol–water partition coefficient (Wildman–Crippen LogP) is 20.9. The van der Waals surface area contributed by atoms with E-state index in [9.17, 15) is 14.4 Å². The Morgan fingerprint density at radius 2 is 0.589 bits per heavy atom. The van der Waals surface area contributed by atoms with Crippen LogP contribution in [0.4, 0.5) is 0 Å². The molecule has 0 aliphatic carbocycles. The van der Waals surface area contributed by atoms with Gasteiger partial charge in [0, 0.05) is 19.3 Å². The van der Waals surface area contributed by atoms with Gasteiger partial charge in [-0.1, -0.05) is 285 Å². The van der Waals surface area contributed by atoms with E-state index in [1.807, 2.05) is 6.08 Å². The summed E-state index contributed by atoms with van der Waals surface area (Å²) in [7, 11) is 0. The van der Waals surface area contributed by atoms with Crippen molar-refractivity contribution in [2.75, 3.05) is 13.2 Å². The van der Waals surface area contributed by atoms with Crippen molar-refractivity contribution in [3.63, 3.8) is 0 Å². The molecule has 0 amide bonds. The minimum absolute atomic E-state index is 0.111. The van der Waals surface area contributed by atoms with E-state index in [0.29, 0.717) is 19.3 Å². The Kier molecular flexibility index (Phi) is 57.8. The normalized spacial score (nSPS) is 12.8. The van der Waals surface area contributed by atoms with Gasteiger partial charge < -0.3 is 14.2 Å². The van der Waals surface area contributed by atoms with Gasteiger partial charge in [-0.2, -0.15) is 0 Å². The van der Waals surface area contributed by atoms with E-state index < -0.39 is 12.1 Å².